The summed E-state index contributed by atoms with van der Waals surface area (Å²) in [6, 6.07) is 16.3. The Hall–Kier alpha value is -2.63. The Morgan fingerprint density at radius 1 is 1.23 bits per heavy atom. The van der Waals surface area contributed by atoms with E-state index in [9.17, 15) is 0 Å². The molecule has 0 saturated heterocycles. The zero-order chi connectivity index (χ0) is 17.9. The fourth-order valence-electron chi connectivity index (χ4n) is 3.35. The lowest BCUT2D eigenvalue weighted by molar-refractivity contribution is 0.288. The molecule has 1 aromatic heterocycles. The van der Waals surface area contributed by atoms with Crippen LogP contribution in [0.4, 0.5) is 0 Å². The average Bonchev–Trinajstić information content (AvgIpc) is 3.27. The maximum Gasteiger partial charge on any atom is 0.120 e. The van der Waals surface area contributed by atoms with Gasteiger partial charge in [-0.15, -0.1) is 0 Å². The van der Waals surface area contributed by atoms with Crippen LogP contribution in [-0.2, 0) is 6.42 Å². The number of benzene rings is 2. The number of aliphatic imine (C=N–C) groups is 1. The molecular weight excluding hydrogens is 324 g/mol. The van der Waals surface area contributed by atoms with Gasteiger partial charge >= 0.3 is 0 Å². The van der Waals surface area contributed by atoms with Crippen molar-refractivity contribution in [1.82, 2.24) is 9.88 Å². The predicted octanol–water partition coefficient (Wildman–Crippen LogP) is 2.81. The molecule has 0 fully saturated rings. The van der Waals surface area contributed by atoms with Crippen LogP contribution in [-0.4, -0.2) is 48.5 Å². The second-order valence-corrected chi connectivity index (χ2v) is 6.92. The van der Waals surface area contributed by atoms with Gasteiger partial charge in [0.1, 0.15) is 12.4 Å². The molecule has 1 atom stereocenters. The van der Waals surface area contributed by atoms with E-state index >= 15 is 0 Å². The molecule has 0 amide bonds. The molecule has 0 spiro atoms. The Balaban J connectivity index is 1.38. The van der Waals surface area contributed by atoms with Crippen molar-refractivity contribution in [2.45, 2.75) is 12.5 Å². The fraction of sp³-hybridized carbons (Fsp3) is 0.286. The van der Waals surface area contributed by atoms with E-state index in [2.05, 4.69) is 52.3 Å². The van der Waals surface area contributed by atoms with E-state index < -0.39 is 0 Å². The Labute approximate surface area is 153 Å². The SMILES string of the molecule is CN1CN=C(c2cccc(OC[C@@H](N)Cc3c[nH]c4ccccc34)c2)C1. The van der Waals surface area contributed by atoms with Gasteiger partial charge in [-0.1, -0.05) is 30.3 Å². The first-order chi connectivity index (χ1) is 12.7. The molecule has 1 aliphatic rings. The first kappa shape index (κ1) is 16.8. The molecule has 2 heterocycles. The maximum atomic E-state index is 6.31. The van der Waals surface area contributed by atoms with E-state index in [1.54, 1.807) is 0 Å². The smallest absolute Gasteiger partial charge is 0.120 e. The summed E-state index contributed by atoms with van der Waals surface area (Å²) in [6.45, 7) is 2.12. The standard InChI is InChI=1S/C21H24N4O/c1-25-12-21(24-14-25)15-5-4-6-18(10-15)26-13-17(22)9-16-11-23-20-8-3-2-7-19(16)20/h2-8,10-11,17,23H,9,12-14,22H2,1H3/t17-/m0/s1. The third-order valence-corrected chi connectivity index (χ3v) is 4.71. The molecular formula is C21H24N4O. The Morgan fingerprint density at radius 2 is 2.12 bits per heavy atom. The Bertz CT molecular complexity index is 930. The number of ether oxygens (including phenoxy) is 1. The van der Waals surface area contributed by atoms with Crippen LogP contribution in [0.15, 0.2) is 59.7 Å². The lowest BCUT2D eigenvalue weighted by atomic mass is 10.1. The first-order valence-electron chi connectivity index (χ1n) is 8.95. The van der Waals surface area contributed by atoms with Crippen molar-refractivity contribution >= 4 is 16.6 Å². The van der Waals surface area contributed by atoms with Gasteiger partial charge in [-0.05, 0) is 37.2 Å². The molecule has 5 heteroatoms. The van der Waals surface area contributed by atoms with Crippen molar-refractivity contribution in [1.29, 1.82) is 0 Å². The van der Waals surface area contributed by atoms with Crippen molar-refractivity contribution in [3.05, 3.63) is 65.9 Å². The molecule has 2 aromatic carbocycles. The molecule has 5 nitrogen and oxygen atoms in total. The number of fused-ring (bicyclic) bond motifs is 1. The van der Waals surface area contributed by atoms with Crippen LogP contribution in [0.1, 0.15) is 11.1 Å². The van der Waals surface area contributed by atoms with Crippen LogP contribution in [0.2, 0.25) is 0 Å². The number of aromatic amines is 1. The van der Waals surface area contributed by atoms with E-state index in [0.717, 1.165) is 42.2 Å². The fourth-order valence-corrected chi connectivity index (χ4v) is 3.35. The molecule has 26 heavy (non-hydrogen) atoms. The number of para-hydroxylation sites is 1. The van der Waals surface area contributed by atoms with Gasteiger partial charge in [-0.2, -0.15) is 0 Å². The minimum atomic E-state index is -0.0622. The van der Waals surface area contributed by atoms with Crippen LogP contribution in [0.5, 0.6) is 5.75 Å². The van der Waals surface area contributed by atoms with Crippen molar-refractivity contribution < 1.29 is 4.74 Å². The van der Waals surface area contributed by atoms with Gasteiger partial charge < -0.3 is 15.5 Å². The second kappa shape index (κ2) is 7.32. The summed E-state index contributed by atoms with van der Waals surface area (Å²) < 4.78 is 5.95. The number of nitrogens with zero attached hydrogens (tertiary/aromatic N) is 2. The maximum absolute atomic E-state index is 6.31. The van der Waals surface area contributed by atoms with E-state index in [-0.39, 0.29) is 6.04 Å². The van der Waals surface area contributed by atoms with Crippen LogP contribution in [0.3, 0.4) is 0 Å². The summed E-state index contributed by atoms with van der Waals surface area (Å²) in [7, 11) is 2.07. The molecule has 1 aliphatic heterocycles. The largest absolute Gasteiger partial charge is 0.492 e. The normalized spacial score (nSPS) is 16.0. The highest BCUT2D eigenvalue weighted by atomic mass is 16.5. The molecule has 0 saturated carbocycles. The molecule has 3 N–H and O–H groups in total. The van der Waals surface area contributed by atoms with Gasteiger partial charge in [-0.3, -0.25) is 9.89 Å². The van der Waals surface area contributed by atoms with E-state index in [0.29, 0.717) is 6.61 Å². The highest BCUT2D eigenvalue weighted by Crippen LogP contribution is 2.20. The number of rotatable bonds is 6. The van der Waals surface area contributed by atoms with E-state index in [1.165, 1.54) is 10.9 Å². The molecule has 134 valence electrons. The first-order valence-corrected chi connectivity index (χ1v) is 8.95. The van der Waals surface area contributed by atoms with Crippen molar-refractivity contribution in [3.8, 4) is 5.75 Å². The summed E-state index contributed by atoms with van der Waals surface area (Å²) in [5.74, 6) is 0.842. The summed E-state index contributed by atoms with van der Waals surface area (Å²) in [5.41, 5.74) is 10.9. The lowest BCUT2D eigenvalue weighted by Gasteiger charge is -2.14. The summed E-state index contributed by atoms with van der Waals surface area (Å²) in [5, 5.41) is 1.23. The van der Waals surface area contributed by atoms with Gasteiger partial charge in [0.05, 0.1) is 12.4 Å². The van der Waals surface area contributed by atoms with Crippen LogP contribution in [0, 0.1) is 0 Å². The van der Waals surface area contributed by atoms with Gasteiger partial charge in [0.25, 0.3) is 0 Å². The van der Waals surface area contributed by atoms with Crippen molar-refractivity contribution in [2.75, 3.05) is 26.9 Å². The number of hydrogen-bond donors (Lipinski definition) is 2. The number of likely N-dealkylation sites (N-methyl/N-ethyl adjacent to an activating group) is 1. The quantitative estimate of drug-likeness (QED) is 0.720. The van der Waals surface area contributed by atoms with Gasteiger partial charge in [0.2, 0.25) is 0 Å². The highest BCUT2D eigenvalue weighted by Gasteiger charge is 2.14. The topological polar surface area (TPSA) is 66.6 Å². The highest BCUT2D eigenvalue weighted by molar-refractivity contribution is 6.03. The summed E-state index contributed by atoms with van der Waals surface area (Å²) in [4.78, 5) is 10.0. The van der Waals surface area contributed by atoms with Crippen molar-refractivity contribution in [2.24, 2.45) is 10.7 Å². The molecule has 4 rings (SSSR count). The van der Waals surface area contributed by atoms with Crippen LogP contribution in [0.25, 0.3) is 10.9 Å². The summed E-state index contributed by atoms with van der Waals surface area (Å²) >= 11 is 0. The molecule has 3 aromatic rings. The van der Waals surface area contributed by atoms with Gasteiger partial charge in [-0.25, -0.2) is 0 Å². The zero-order valence-electron chi connectivity index (χ0n) is 15.0. The number of nitrogens with two attached hydrogens (primary N) is 1. The molecule has 0 radical (unpaired) electrons. The Morgan fingerprint density at radius 3 is 2.96 bits per heavy atom. The van der Waals surface area contributed by atoms with Gasteiger partial charge in [0.15, 0.2) is 0 Å². The predicted molar refractivity (Wildman–Crippen MR) is 106 cm³/mol. The molecule has 0 bridgehead atoms. The van der Waals surface area contributed by atoms with E-state index in [4.69, 9.17) is 10.5 Å². The van der Waals surface area contributed by atoms with Crippen molar-refractivity contribution in [3.63, 3.8) is 0 Å². The summed E-state index contributed by atoms with van der Waals surface area (Å²) in [6.07, 6.45) is 2.82. The molecule has 0 unspecified atom stereocenters. The zero-order valence-corrected chi connectivity index (χ0v) is 15.0. The number of hydrogen-bond acceptors (Lipinski definition) is 4. The lowest BCUT2D eigenvalue weighted by Crippen LogP contribution is -2.30. The minimum Gasteiger partial charge on any atom is -0.492 e. The number of H-pyrrole nitrogens is 1. The third kappa shape index (κ3) is 3.64. The van der Waals surface area contributed by atoms with Crippen LogP contribution < -0.4 is 10.5 Å². The van der Waals surface area contributed by atoms with E-state index in [1.807, 2.05) is 24.4 Å². The Kier molecular flexibility index (Phi) is 4.73. The monoisotopic (exact) mass is 348 g/mol. The average molecular weight is 348 g/mol. The van der Waals surface area contributed by atoms with Gasteiger partial charge in [0, 0.05) is 35.2 Å². The molecule has 0 aliphatic carbocycles. The minimum absolute atomic E-state index is 0.0622. The number of aromatic nitrogens is 1. The van der Waals surface area contributed by atoms with Crippen LogP contribution >= 0.6 is 0 Å². The second-order valence-electron chi connectivity index (χ2n) is 6.92. The third-order valence-electron chi connectivity index (χ3n) is 4.71. The number of nitrogens with one attached hydrogen (secondary N) is 1.